The predicted molar refractivity (Wildman–Crippen MR) is 170 cm³/mol. The fourth-order valence-electron chi connectivity index (χ4n) is 5.80. The minimum atomic E-state index is -4.06. The molecule has 3 aromatic rings. The van der Waals surface area contributed by atoms with Gasteiger partial charge in [-0.3, -0.25) is 4.98 Å². The van der Waals surface area contributed by atoms with Crippen molar-refractivity contribution >= 4 is 27.5 Å². The number of rotatable bonds is 14. The third kappa shape index (κ3) is 8.16. The van der Waals surface area contributed by atoms with Gasteiger partial charge in [0.2, 0.25) is 16.8 Å². The van der Waals surface area contributed by atoms with Crippen LogP contribution in [0.2, 0.25) is 0 Å². The van der Waals surface area contributed by atoms with Crippen LogP contribution in [0, 0.1) is 11.8 Å². The van der Waals surface area contributed by atoms with E-state index in [0.717, 1.165) is 10.4 Å². The summed E-state index contributed by atoms with van der Waals surface area (Å²) in [5, 5.41) is 14.4. The van der Waals surface area contributed by atoms with Gasteiger partial charge in [-0.1, -0.05) is 26.0 Å². The summed E-state index contributed by atoms with van der Waals surface area (Å²) in [5.74, 6) is 1.34. The van der Waals surface area contributed by atoms with Gasteiger partial charge in [0.25, 0.3) is 0 Å². The molecular formula is C32H39N3O10S2. The van der Waals surface area contributed by atoms with Crippen molar-refractivity contribution in [1.29, 1.82) is 0 Å². The SMILES string of the molecule is CC(C)CN(C[C@@H](O)[C@H](Cc1ccc(OCc2cncs2)cc1)NC(=O)O[C@H]1CO[C@H]2OCC[C@H]21)S(=O)(=O)c1ccc2c(c1)OCO2. The third-order valence-electron chi connectivity index (χ3n) is 8.20. The fraction of sp³-hybridized carbons (Fsp3) is 0.500. The Morgan fingerprint density at radius 2 is 1.94 bits per heavy atom. The van der Waals surface area contributed by atoms with Crippen molar-refractivity contribution in [3.05, 3.63) is 64.6 Å². The van der Waals surface area contributed by atoms with Gasteiger partial charge in [-0.05, 0) is 48.6 Å². The predicted octanol–water partition coefficient (Wildman–Crippen LogP) is 3.56. The number of aliphatic hydroxyl groups excluding tert-OH is 1. The number of nitrogens with one attached hydrogen (secondary N) is 1. The maximum atomic E-state index is 13.9. The largest absolute Gasteiger partial charge is 0.488 e. The van der Waals surface area contributed by atoms with Crippen LogP contribution in [0.5, 0.6) is 17.2 Å². The maximum absolute atomic E-state index is 13.9. The van der Waals surface area contributed by atoms with Crippen molar-refractivity contribution in [2.45, 2.75) is 62.7 Å². The molecule has 2 N–H and O–H groups in total. The van der Waals surface area contributed by atoms with Crippen molar-refractivity contribution in [2.24, 2.45) is 11.8 Å². The zero-order valence-electron chi connectivity index (χ0n) is 26.1. The lowest BCUT2D eigenvalue weighted by Crippen LogP contribution is -2.51. The topological polar surface area (TPSA) is 155 Å². The molecule has 2 saturated heterocycles. The van der Waals surface area contributed by atoms with Crippen molar-refractivity contribution in [2.75, 3.05) is 33.1 Å². The Kier molecular flexibility index (Phi) is 10.5. The van der Waals surface area contributed by atoms with Gasteiger partial charge in [0, 0.05) is 25.4 Å². The van der Waals surface area contributed by atoms with Crippen LogP contribution in [0.25, 0.3) is 0 Å². The number of alkyl carbamates (subject to hydrolysis) is 1. The zero-order chi connectivity index (χ0) is 33.0. The highest BCUT2D eigenvalue weighted by Gasteiger charge is 2.44. The normalized spacial score (nSPS) is 21.5. The first-order valence-corrected chi connectivity index (χ1v) is 17.8. The number of aliphatic hydroxyl groups is 1. The van der Waals surface area contributed by atoms with Gasteiger partial charge in [-0.25, -0.2) is 13.2 Å². The number of ether oxygens (including phenoxy) is 6. The van der Waals surface area contributed by atoms with E-state index < -0.39 is 40.7 Å². The Morgan fingerprint density at radius 1 is 1.13 bits per heavy atom. The van der Waals surface area contributed by atoms with Crippen LogP contribution in [0.4, 0.5) is 4.79 Å². The summed E-state index contributed by atoms with van der Waals surface area (Å²) in [7, 11) is -4.06. The molecule has 2 aromatic carbocycles. The summed E-state index contributed by atoms with van der Waals surface area (Å²) in [6.45, 7) is 4.80. The van der Waals surface area contributed by atoms with Gasteiger partial charge in [-0.15, -0.1) is 11.3 Å². The van der Waals surface area contributed by atoms with E-state index in [1.54, 1.807) is 17.8 Å². The van der Waals surface area contributed by atoms with E-state index in [1.165, 1.54) is 27.8 Å². The van der Waals surface area contributed by atoms with E-state index in [9.17, 15) is 18.3 Å². The molecular weight excluding hydrogens is 650 g/mol. The van der Waals surface area contributed by atoms with Gasteiger partial charge in [0.1, 0.15) is 18.5 Å². The number of fused-ring (bicyclic) bond motifs is 2. The molecule has 47 heavy (non-hydrogen) atoms. The van der Waals surface area contributed by atoms with Crippen LogP contribution in [0.3, 0.4) is 0 Å². The summed E-state index contributed by atoms with van der Waals surface area (Å²) in [6, 6.07) is 10.8. The lowest BCUT2D eigenvalue weighted by molar-refractivity contribution is -0.0907. The minimum absolute atomic E-state index is 0.0112. The van der Waals surface area contributed by atoms with E-state index in [4.69, 9.17) is 28.4 Å². The Bertz CT molecular complexity index is 1600. The molecule has 0 saturated carbocycles. The van der Waals surface area contributed by atoms with Crippen LogP contribution in [-0.4, -0.2) is 86.5 Å². The van der Waals surface area contributed by atoms with E-state index in [2.05, 4.69) is 10.3 Å². The number of amides is 1. The molecule has 15 heteroatoms. The number of nitrogens with zero attached hydrogens (tertiary/aromatic N) is 2. The first kappa shape index (κ1) is 33.4. The summed E-state index contributed by atoms with van der Waals surface area (Å²) in [5.41, 5.74) is 2.54. The average Bonchev–Trinajstić information content (AvgIpc) is 3.86. The average molecular weight is 690 g/mol. The molecule has 5 atom stereocenters. The molecule has 6 rings (SSSR count). The van der Waals surface area contributed by atoms with Gasteiger partial charge in [0.15, 0.2) is 17.8 Å². The molecule has 0 unspecified atom stereocenters. The van der Waals surface area contributed by atoms with Crippen LogP contribution >= 0.6 is 11.3 Å². The van der Waals surface area contributed by atoms with Crippen molar-refractivity contribution in [3.63, 3.8) is 0 Å². The first-order valence-electron chi connectivity index (χ1n) is 15.5. The molecule has 1 aromatic heterocycles. The fourth-order valence-corrected chi connectivity index (χ4v) is 7.94. The highest BCUT2D eigenvalue weighted by Crippen LogP contribution is 2.35. The molecule has 254 valence electrons. The molecule has 0 spiro atoms. The highest BCUT2D eigenvalue weighted by atomic mass is 32.2. The van der Waals surface area contributed by atoms with Crippen LogP contribution in [0.1, 0.15) is 30.7 Å². The minimum Gasteiger partial charge on any atom is -0.488 e. The molecule has 4 heterocycles. The van der Waals surface area contributed by atoms with Crippen LogP contribution < -0.4 is 19.5 Å². The summed E-state index contributed by atoms with van der Waals surface area (Å²) < 4.78 is 62.5. The van der Waals surface area contributed by atoms with Gasteiger partial charge >= 0.3 is 6.09 Å². The molecule has 0 radical (unpaired) electrons. The lowest BCUT2D eigenvalue weighted by atomic mass is 10.0. The Labute approximate surface area is 277 Å². The smallest absolute Gasteiger partial charge is 0.407 e. The summed E-state index contributed by atoms with van der Waals surface area (Å²) in [4.78, 5) is 18.3. The third-order valence-corrected chi connectivity index (χ3v) is 10.8. The Hall–Kier alpha value is -3.47. The maximum Gasteiger partial charge on any atom is 0.407 e. The standard InChI is InChI=1S/C32H39N3O10S2/c1-20(2)14-35(47(38,39)24-7-8-28-29(12-24)44-19-43-28)15-27(36)26(34-32(37)45-30-17-42-31-25(30)9-10-40-31)11-21-3-5-22(6-4-21)41-16-23-13-33-18-46-23/h3-8,12-13,18,20,25-27,30-31,36H,9-11,14-17,19H2,1-2H3,(H,34,37)/t25-,26-,27+,30-,31+/m0/s1. The lowest BCUT2D eigenvalue weighted by Gasteiger charge is -2.31. The van der Waals surface area contributed by atoms with E-state index in [1.807, 2.05) is 38.1 Å². The quantitative estimate of drug-likeness (QED) is 0.255. The van der Waals surface area contributed by atoms with Gasteiger partial charge in [0.05, 0.1) is 46.6 Å². The van der Waals surface area contributed by atoms with Crippen LogP contribution in [-0.2, 0) is 37.3 Å². The van der Waals surface area contributed by atoms with Gasteiger partial charge in [-0.2, -0.15) is 4.31 Å². The second kappa shape index (κ2) is 14.7. The molecule has 3 aliphatic heterocycles. The second-order valence-electron chi connectivity index (χ2n) is 12.1. The Morgan fingerprint density at radius 3 is 2.70 bits per heavy atom. The Balaban J connectivity index is 1.18. The first-order chi connectivity index (χ1) is 22.7. The number of benzene rings is 2. The number of carbonyl (C=O) groups is 1. The van der Waals surface area contributed by atoms with E-state index in [-0.39, 0.29) is 49.6 Å². The molecule has 3 aliphatic rings. The van der Waals surface area contributed by atoms with E-state index in [0.29, 0.717) is 36.9 Å². The highest BCUT2D eigenvalue weighted by molar-refractivity contribution is 7.89. The number of aromatic nitrogens is 1. The number of hydrogen-bond acceptors (Lipinski definition) is 12. The van der Waals surface area contributed by atoms with Crippen LogP contribution in [0.15, 0.2) is 59.1 Å². The van der Waals surface area contributed by atoms with Crippen molar-refractivity contribution in [1.82, 2.24) is 14.6 Å². The number of carbonyl (C=O) groups excluding carboxylic acids is 1. The number of sulfonamides is 1. The molecule has 2 fully saturated rings. The number of thiazole rings is 1. The van der Waals surface area contributed by atoms with Crippen molar-refractivity contribution in [3.8, 4) is 17.2 Å². The molecule has 0 bridgehead atoms. The summed E-state index contributed by atoms with van der Waals surface area (Å²) >= 11 is 1.50. The molecule has 0 aliphatic carbocycles. The summed E-state index contributed by atoms with van der Waals surface area (Å²) in [6.07, 6.45) is -0.239. The molecule has 1 amide bonds. The van der Waals surface area contributed by atoms with Gasteiger partial charge < -0.3 is 38.8 Å². The zero-order valence-corrected chi connectivity index (χ0v) is 27.8. The van der Waals surface area contributed by atoms with Crippen molar-refractivity contribution < 1.29 is 46.7 Å². The number of hydrogen-bond donors (Lipinski definition) is 2. The molecule has 13 nitrogen and oxygen atoms in total. The monoisotopic (exact) mass is 689 g/mol. The second-order valence-corrected chi connectivity index (χ2v) is 15.0. The van der Waals surface area contributed by atoms with E-state index >= 15 is 0 Å².